The minimum absolute atomic E-state index is 0.141. The zero-order valence-electron chi connectivity index (χ0n) is 10.7. The Morgan fingerprint density at radius 2 is 2.19 bits per heavy atom. The number of primary amides is 1. The lowest BCUT2D eigenvalue weighted by atomic mass is 9.72. The van der Waals surface area contributed by atoms with Crippen LogP contribution in [0.15, 0.2) is 0 Å². The Kier molecular flexibility index (Phi) is 2.86. The Morgan fingerprint density at radius 1 is 1.50 bits per heavy atom. The molecule has 2 aliphatic rings. The maximum Gasteiger partial charge on any atom is 0.238 e. The average Bonchev–Trinajstić information content (AvgIpc) is 2.74. The molecule has 1 atom stereocenters. The number of hydrogen-bond acceptors (Lipinski definition) is 3. The molecule has 0 unspecified atom stereocenters. The van der Waals surface area contributed by atoms with E-state index >= 15 is 0 Å². The van der Waals surface area contributed by atoms with Crippen molar-refractivity contribution in [1.82, 2.24) is 4.90 Å². The van der Waals surface area contributed by atoms with Crippen LogP contribution in [0.4, 0.5) is 0 Å². The highest BCUT2D eigenvalue weighted by Crippen LogP contribution is 2.42. The van der Waals surface area contributed by atoms with Gasteiger partial charge < -0.3 is 10.8 Å². The van der Waals surface area contributed by atoms with Gasteiger partial charge in [0.1, 0.15) is 5.54 Å². The number of hydrogen-bond donors (Lipinski definition) is 2. The van der Waals surface area contributed by atoms with Gasteiger partial charge in [-0.3, -0.25) is 9.69 Å². The lowest BCUT2D eigenvalue weighted by Crippen LogP contribution is -2.58. The molecule has 1 amide bonds. The van der Waals surface area contributed by atoms with E-state index in [4.69, 9.17) is 7.10 Å². The lowest BCUT2D eigenvalue weighted by molar-refractivity contribution is -0.132. The summed E-state index contributed by atoms with van der Waals surface area (Å²) in [5.74, 6) is -0.0557. The van der Waals surface area contributed by atoms with Crippen molar-refractivity contribution in [2.45, 2.75) is 50.2 Å². The first-order valence-electron chi connectivity index (χ1n) is 6.84. The fourth-order valence-corrected chi connectivity index (χ4v) is 3.39. The zero-order chi connectivity index (χ0) is 12.5. The molecular weight excluding hydrogens is 204 g/mol. The van der Waals surface area contributed by atoms with Crippen molar-refractivity contribution in [3.05, 3.63) is 0 Å². The average molecular weight is 227 g/mol. The maximum absolute atomic E-state index is 11.9. The molecule has 1 aliphatic carbocycles. The number of rotatable bonds is 2. The third kappa shape index (κ3) is 1.74. The van der Waals surface area contributed by atoms with Gasteiger partial charge in [-0.25, -0.2) is 0 Å². The largest absolute Gasteiger partial charge is 0.393 e. The molecule has 0 aromatic rings. The van der Waals surface area contributed by atoms with Crippen molar-refractivity contribution in [3.8, 4) is 0 Å². The first-order chi connectivity index (χ1) is 8.11. The van der Waals surface area contributed by atoms with E-state index in [9.17, 15) is 9.90 Å². The summed E-state index contributed by atoms with van der Waals surface area (Å²) < 4.78 is 7.58. The monoisotopic (exact) mass is 227 g/mol. The molecule has 0 bridgehead atoms. The van der Waals surface area contributed by atoms with Crippen LogP contribution in [0.5, 0.6) is 0 Å². The molecule has 4 nitrogen and oxygen atoms in total. The Balaban J connectivity index is 2.19. The molecule has 0 aromatic carbocycles. The molecule has 1 saturated carbocycles. The minimum Gasteiger partial charge on any atom is -0.393 e. The highest BCUT2D eigenvalue weighted by molar-refractivity contribution is 5.85. The molecule has 0 aromatic heterocycles. The number of likely N-dealkylation sites (N-methyl/N-ethyl adjacent to an activating group) is 1. The Labute approximate surface area is 98.2 Å². The fraction of sp³-hybridized carbons (Fsp3) is 0.917. The van der Waals surface area contributed by atoms with E-state index in [-0.39, 0.29) is 25.0 Å². The molecule has 0 spiro atoms. The summed E-state index contributed by atoms with van der Waals surface area (Å²) in [5.41, 5.74) is 5.03. The normalized spacial score (nSPS) is 41.9. The molecular formula is C12H22N2O2. The lowest BCUT2D eigenvalue weighted by Gasteiger charge is -2.42. The molecule has 0 radical (unpaired) electrons. The first kappa shape index (κ1) is 10.5. The third-order valence-electron chi connectivity index (χ3n) is 4.35. The van der Waals surface area contributed by atoms with E-state index in [1.54, 1.807) is 0 Å². The highest BCUT2D eigenvalue weighted by atomic mass is 16.3. The molecule has 1 aliphatic heterocycles. The van der Waals surface area contributed by atoms with Crippen LogP contribution in [0, 0.1) is 5.92 Å². The van der Waals surface area contributed by atoms with Crippen LogP contribution in [-0.2, 0) is 4.79 Å². The Morgan fingerprint density at radius 3 is 2.75 bits per heavy atom. The molecule has 3 N–H and O–H groups in total. The first-order valence-corrected chi connectivity index (χ1v) is 6.13. The van der Waals surface area contributed by atoms with Gasteiger partial charge in [0.25, 0.3) is 0 Å². The summed E-state index contributed by atoms with van der Waals surface area (Å²) in [7, 11) is 0.141. The number of aliphatic hydroxyl groups is 1. The second kappa shape index (κ2) is 4.34. The number of aliphatic hydroxyl groups excluding tert-OH is 1. The molecule has 2 rings (SSSR count). The minimum atomic E-state index is -0.609. The van der Waals surface area contributed by atoms with Crippen LogP contribution in [0.2, 0.25) is 0 Å². The van der Waals surface area contributed by atoms with Crippen molar-refractivity contribution in [2.75, 3.05) is 13.6 Å². The number of nitrogens with two attached hydrogens (primary N) is 1. The second-order valence-electron chi connectivity index (χ2n) is 5.16. The number of carbonyl (C=O) groups excluding carboxylic acids is 1. The molecule has 16 heavy (non-hydrogen) atoms. The number of amides is 1. The van der Waals surface area contributed by atoms with Gasteiger partial charge in [0.05, 0.1) is 6.10 Å². The van der Waals surface area contributed by atoms with E-state index < -0.39 is 5.54 Å². The van der Waals surface area contributed by atoms with Gasteiger partial charge in [-0.05, 0) is 58.0 Å². The van der Waals surface area contributed by atoms with Crippen LogP contribution in [0.1, 0.15) is 39.9 Å². The van der Waals surface area contributed by atoms with Crippen molar-refractivity contribution in [3.63, 3.8) is 0 Å². The summed E-state index contributed by atoms with van der Waals surface area (Å²) in [4.78, 5) is 13.8. The second-order valence-corrected chi connectivity index (χ2v) is 5.16. The van der Waals surface area contributed by atoms with Crippen LogP contribution in [0.25, 0.3) is 0 Å². The summed E-state index contributed by atoms with van der Waals surface area (Å²) in [5, 5.41) is 9.55. The van der Waals surface area contributed by atoms with E-state index in [2.05, 4.69) is 0 Å². The smallest absolute Gasteiger partial charge is 0.238 e. The predicted octanol–water partition coefficient (Wildman–Crippen LogP) is 0.487. The van der Waals surface area contributed by atoms with Gasteiger partial charge in [-0.15, -0.1) is 0 Å². The van der Waals surface area contributed by atoms with Crippen molar-refractivity contribution in [1.29, 1.82) is 0 Å². The molecule has 92 valence electrons. The van der Waals surface area contributed by atoms with Gasteiger partial charge in [-0.1, -0.05) is 0 Å². The van der Waals surface area contributed by atoms with Gasteiger partial charge in [0.2, 0.25) is 5.91 Å². The van der Waals surface area contributed by atoms with E-state index in [1.165, 1.54) is 0 Å². The highest BCUT2D eigenvalue weighted by Gasteiger charge is 2.50. The number of likely N-dealkylation sites (tertiary alicyclic amines) is 1. The Bertz CT molecular complexity index is 292. The van der Waals surface area contributed by atoms with Gasteiger partial charge >= 0.3 is 0 Å². The summed E-state index contributed by atoms with van der Waals surface area (Å²) in [6.45, 7) is 0.797. The van der Waals surface area contributed by atoms with Crippen LogP contribution in [0.3, 0.4) is 0 Å². The summed E-state index contributed by atoms with van der Waals surface area (Å²) in [6, 6.07) is 0. The molecule has 4 heteroatoms. The van der Waals surface area contributed by atoms with Crippen LogP contribution < -0.4 is 5.73 Å². The van der Waals surface area contributed by atoms with Gasteiger partial charge in [-0.2, -0.15) is 0 Å². The molecule has 1 heterocycles. The van der Waals surface area contributed by atoms with Gasteiger partial charge in [0.15, 0.2) is 0 Å². The quantitative estimate of drug-likeness (QED) is 0.721. The standard InChI is InChI=1S/C12H22N2O2/c1-14-8-2-7-12(14,11(13)16)9-3-5-10(15)6-4-9/h9-10,15H,2-8H2,1H3,(H2,13,16)/t9?,10?,12-/m1/s1/i1D. The Hall–Kier alpha value is -0.610. The zero-order valence-corrected chi connectivity index (χ0v) is 9.69. The van der Waals surface area contributed by atoms with Crippen molar-refractivity contribution >= 4 is 5.91 Å². The summed E-state index contributed by atoms with van der Waals surface area (Å²) in [6.07, 6.45) is 4.71. The molecule has 1 saturated heterocycles. The topological polar surface area (TPSA) is 66.6 Å². The summed E-state index contributed by atoms with van der Waals surface area (Å²) >= 11 is 0. The third-order valence-corrected chi connectivity index (χ3v) is 4.35. The van der Waals surface area contributed by atoms with E-state index in [0.29, 0.717) is 0 Å². The number of nitrogens with zero attached hydrogens (tertiary/aromatic N) is 1. The van der Waals surface area contributed by atoms with E-state index in [0.717, 1.165) is 45.1 Å². The SMILES string of the molecule is [2H]CN1CCC[C@]1(C(N)=O)C1CCC(O)CC1. The van der Waals surface area contributed by atoms with E-state index in [1.807, 2.05) is 4.90 Å². The van der Waals surface area contributed by atoms with Crippen LogP contribution >= 0.6 is 0 Å². The predicted molar refractivity (Wildman–Crippen MR) is 61.8 cm³/mol. The van der Waals surface area contributed by atoms with Crippen molar-refractivity contribution in [2.24, 2.45) is 11.7 Å². The maximum atomic E-state index is 11.9. The fourth-order valence-electron chi connectivity index (χ4n) is 3.39. The number of carbonyl (C=O) groups is 1. The molecule has 2 fully saturated rings. The van der Waals surface area contributed by atoms with Crippen LogP contribution in [-0.4, -0.2) is 41.1 Å². The van der Waals surface area contributed by atoms with Gasteiger partial charge in [0, 0.05) is 1.37 Å². The van der Waals surface area contributed by atoms with Crippen molar-refractivity contribution < 1.29 is 11.3 Å².